The van der Waals surface area contributed by atoms with Gasteiger partial charge in [-0.3, -0.25) is 19.2 Å². The van der Waals surface area contributed by atoms with Crippen molar-refractivity contribution in [2.24, 2.45) is 0 Å². The average Bonchev–Trinajstić information content (AvgIpc) is 2.77. The molecule has 0 fully saturated rings. The van der Waals surface area contributed by atoms with E-state index >= 15 is 0 Å². The molecule has 0 saturated heterocycles. The zero-order chi connectivity index (χ0) is 25.1. The summed E-state index contributed by atoms with van der Waals surface area (Å²) in [5, 5.41) is 7.97. The van der Waals surface area contributed by atoms with Gasteiger partial charge in [-0.1, -0.05) is 50.6 Å². The largest absolute Gasteiger partial charge is 0.677 e. The number of ketones is 1. The van der Waals surface area contributed by atoms with E-state index in [4.69, 9.17) is 22.9 Å². The summed E-state index contributed by atoms with van der Waals surface area (Å²) in [5.74, 6) is -1.35. The molecule has 15 heteroatoms. The first-order valence-electron chi connectivity index (χ1n) is 11.8. The third-order valence-electron chi connectivity index (χ3n) is 5.10. The number of hydrogen-bond acceptors (Lipinski definition) is 4. The number of amides is 3. The molecule has 206 valence electrons. The fourth-order valence-electron chi connectivity index (χ4n) is 3.04. The molecule has 37 heavy (non-hydrogen) atoms. The molecular weight excluding hydrogens is 872 g/mol. The Labute approximate surface area is 336 Å². The summed E-state index contributed by atoms with van der Waals surface area (Å²) >= 11 is 0. The Morgan fingerprint density at radius 2 is 1.11 bits per heavy atom. The van der Waals surface area contributed by atoms with Crippen LogP contribution in [-0.4, -0.2) is 171 Å². The second-order valence-corrected chi connectivity index (χ2v) is 8.19. The third kappa shape index (κ3) is 28.5. The van der Waals surface area contributed by atoms with Crippen molar-refractivity contribution in [3.63, 3.8) is 0 Å². The number of unbranched alkanes of at least 4 members (excludes halogenated alkanes) is 3. The Morgan fingerprint density at radius 3 is 1.59 bits per heavy atom. The maximum atomic E-state index is 12.5. The molecule has 0 aromatic rings. The van der Waals surface area contributed by atoms with Crippen LogP contribution in [0.5, 0.6) is 0 Å². The average molecular weight is 913 g/mol. The minimum atomic E-state index is -1.01. The third-order valence-corrected chi connectivity index (χ3v) is 5.10. The van der Waals surface area contributed by atoms with Gasteiger partial charge in [0.25, 0.3) is 0 Å². The number of rotatable bonds is 20. The Hall–Kier alpha value is 2.57. The van der Waals surface area contributed by atoms with Gasteiger partial charge >= 0.3 is 0 Å². The van der Waals surface area contributed by atoms with Crippen molar-refractivity contribution < 1.29 is 61.3 Å². The Balaban J connectivity index is -0.000000853. The number of carbonyl (C=O) groups is 4. The van der Waals surface area contributed by atoms with Crippen LogP contribution in [0.4, 0.5) is 0 Å². The summed E-state index contributed by atoms with van der Waals surface area (Å²) < 4.78 is 0. The zero-order valence-electron chi connectivity index (χ0n) is 22.6. The van der Waals surface area contributed by atoms with Crippen LogP contribution in [0, 0.1) is 0 Å². The number of carbonyl (C=O) groups excluding carboxylic acids is 4. The van der Waals surface area contributed by atoms with Crippen LogP contribution in [0.2, 0.25) is 0 Å². The summed E-state index contributed by atoms with van der Waals surface area (Å²) in [6.07, 6.45) is 4.93. The molecule has 2 radical (unpaired) electrons. The summed E-state index contributed by atoms with van der Waals surface area (Å²) in [7, 11) is 0. The maximum Gasteiger partial charge on any atom is 0.242 e. The number of nitrogens with one attached hydrogen (secondary N) is 7. The maximum absolute atomic E-state index is 12.5. The van der Waals surface area contributed by atoms with Crippen LogP contribution in [0.25, 0.3) is 22.9 Å². The molecule has 0 aromatic heterocycles. The molecule has 3 atom stereocenters. The standard InChI is InChI=1S/C22H41N7O4.2K.2W/c1-16(30)11-15-28-22(33)19(29-21(32)18(26)9-3-6-13-24)10-4-7-14-27-20(31)17(25)8-2-5-12-23;;;;/h17-19,23-26H,2-15H2,1H3,(H,27,31)(H,28,33)(H,29,32);;;;/q-4;;;;/t17-,18-,19-;;;;/m0..../s1. The van der Waals surface area contributed by atoms with E-state index in [0.29, 0.717) is 70.9 Å². The van der Waals surface area contributed by atoms with Gasteiger partial charge in [0.15, 0.2) is 0 Å². The number of Topliss-reactive ketones (excluding diaryl/α,β-unsaturated/α-hetero) is 1. The molecule has 0 heterocycles. The van der Waals surface area contributed by atoms with E-state index in [2.05, 4.69) is 16.0 Å². The molecule has 11 nitrogen and oxygen atoms in total. The Morgan fingerprint density at radius 1 is 0.649 bits per heavy atom. The van der Waals surface area contributed by atoms with E-state index in [-0.39, 0.29) is 176 Å². The molecule has 0 aliphatic rings. The van der Waals surface area contributed by atoms with Crippen LogP contribution in [0.1, 0.15) is 71.1 Å². The Bertz CT molecular complexity index is 611. The monoisotopic (exact) mass is 913 g/mol. The smallest absolute Gasteiger partial charge is 0.242 e. The van der Waals surface area contributed by atoms with E-state index < -0.39 is 29.9 Å². The van der Waals surface area contributed by atoms with E-state index in [1.165, 1.54) is 6.92 Å². The van der Waals surface area contributed by atoms with Gasteiger partial charge in [0.05, 0.1) is 0 Å². The molecule has 7 N–H and O–H groups in total. The van der Waals surface area contributed by atoms with E-state index in [9.17, 15) is 19.2 Å². The van der Waals surface area contributed by atoms with Gasteiger partial charge in [-0.15, -0.1) is 0 Å². The first kappa shape index (κ1) is 49.3. The van der Waals surface area contributed by atoms with Gasteiger partial charge in [-0.25, -0.2) is 0 Å². The van der Waals surface area contributed by atoms with Crippen molar-refractivity contribution in [3.8, 4) is 0 Å². The molecule has 0 rings (SSSR count). The van der Waals surface area contributed by atoms with Crippen LogP contribution in [0.3, 0.4) is 0 Å². The predicted molar refractivity (Wildman–Crippen MR) is 141 cm³/mol. The van der Waals surface area contributed by atoms with E-state index in [1.807, 2.05) is 0 Å². The SMILES string of the molecule is CC(=O)CCNC(=O)[C@H](CCCCNC(=O)[C@@H]([NH-])CCCC[NH-])NC(=O)[C@@H]([NH-])CCCC[NH-].[K].[K].[W].[W]. The van der Waals surface area contributed by atoms with Gasteiger partial charge < -0.3 is 38.9 Å². The van der Waals surface area contributed by atoms with Crippen molar-refractivity contribution in [2.75, 3.05) is 26.2 Å². The predicted octanol–water partition coefficient (Wildman–Crippen LogP) is 2.37. The van der Waals surface area contributed by atoms with Gasteiger partial charge in [0, 0.05) is 164 Å². The number of hydrogen-bond donors (Lipinski definition) is 3. The van der Waals surface area contributed by atoms with Crippen LogP contribution in [-0.2, 0) is 61.3 Å². The second kappa shape index (κ2) is 33.1. The van der Waals surface area contributed by atoms with Crippen molar-refractivity contribution in [1.29, 1.82) is 0 Å². The van der Waals surface area contributed by atoms with Crippen LogP contribution in [0.15, 0.2) is 0 Å². The molecule has 0 aliphatic heterocycles. The van der Waals surface area contributed by atoms with E-state index in [1.54, 1.807) is 0 Å². The molecule has 0 spiro atoms. The topological polar surface area (TPSA) is 200 Å². The van der Waals surface area contributed by atoms with Crippen molar-refractivity contribution in [1.82, 2.24) is 16.0 Å². The second-order valence-electron chi connectivity index (χ2n) is 8.19. The molecular formula is C22H41K2N7O4W2-4. The van der Waals surface area contributed by atoms with Crippen molar-refractivity contribution in [3.05, 3.63) is 22.9 Å². The molecule has 0 bridgehead atoms. The van der Waals surface area contributed by atoms with Crippen molar-refractivity contribution >= 4 is 126 Å². The Kier molecular flexibility index (Phi) is 44.0. The molecule has 0 aliphatic carbocycles. The van der Waals surface area contributed by atoms with Gasteiger partial charge in [0.2, 0.25) is 17.7 Å². The minimum Gasteiger partial charge on any atom is -0.677 e. The normalized spacial score (nSPS) is 12.1. The summed E-state index contributed by atoms with van der Waals surface area (Å²) in [4.78, 5) is 47.8. The van der Waals surface area contributed by atoms with Crippen LogP contribution >= 0.6 is 0 Å². The molecule has 0 unspecified atom stereocenters. The molecule has 0 aromatic carbocycles. The molecule has 3 amide bonds. The van der Waals surface area contributed by atoms with E-state index in [0.717, 1.165) is 0 Å². The molecule has 0 saturated carbocycles. The van der Waals surface area contributed by atoms with Crippen LogP contribution < -0.4 is 16.0 Å². The summed E-state index contributed by atoms with van der Waals surface area (Å²) in [6, 6.07) is -2.69. The first-order chi connectivity index (χ1) is 15.7. The quantitative estimate of drug-likeness (QED) is 0.125. The zero-order valence-corrected chi connectivity index (χ0v) is 34.7. The first-order valence-corrected chi connectivity index (χ1v) is 11.8. The minimum absolute atomic E-state index is 0. The van der Waals surface area contributed by atoms with Gasteiger partial charge in [-0.05, 0) is 26.2 Å². The fourth-order valence-corrected chi connectivity index (χ4v) is 3.04. The summed E-state index contributed by atoms with van der Waals surface area (Å²) in [6.45, 7) is 2.50. The van der Waals surface area contributed by atoms with Gasteiger partial charge in [0.1, 0.15) is 11.8 Å². The summed E-state index contributed by atoms with van der Waals surface area (Å²) in [5.41, 5.74) is 30.0. The van der Waals surface area contributed by atoms with Crippen molar-refractivity contribution in [2.45, 2.75) is 89.3 Å². The van der Waals surface area contributed by atoms with Gasteiger partial charge in [-0.2, -0.15) is 13.1 Å². The fraction of sp³-hybridized carbons (Fsp3) is 0.818.